The molecule has 2 aliphatic heterocycles. The van der Waals surface area contributed by atoms with Gasteiger partial charge in [-0.3, -0.25) is 10.1 Å². The Morgan fingerprint density at radius 1 is 1.08 bits per heavy atom. The van der Waals surface area contributed by atoms with Crippen LogP contribution in [0.1, 0.15) is 111 Å². The number of carbonyl (C=O) groups excluding carboxylic acids is 1. The molecule has 5 atom stereocenters. The van der Waals surface area contributed by atoms with Crippen molar-refractivity contribution in [1.29, 1.82) is 0 Å². The normalized spacial score (nSPS) is 32.9. The number of nitrogens with one attached hydrogen (secondary N) is 1. The highest BCUT2D eigenvalue weighted by molar-refractivity contribution is 5.99. The zero-order valence-electron chi connectivity index (χ0n) is 23.2. The largest absolute Gasteiger partial charge is 0.376 e. The van der Waals surface area contributed by atoms with Gasteiger partial charge in [0.25, 0.3) is 5.91 Å². The first-order valence-electron chi connectivity index (χ1n) is 14.7. The van der Waals surface area contributed by atoms with Crippen LogP contribution < -0.4 is 5.32 Å². The van der Waals surface area contributed by atoms with Gasteiger partial charge in [-0.2, -0.15) is 0 Å². The smallest absolute Gasteiger partial charge is 0.255 e. The van der Waals surface area contributed by atoms with Crippen LogP contribution in [0, 0.1) is 11.3 Å². The number of hydrogen-bond donors (Lipinski definition) is 1. The van der Waals surface area contributed by atoms with E-state index in [1.807, 2.05) is 12.1 Å². The lowest BCUT2D eigenvalue weighted by Gasteiger charge is -2.56. The van der Waals surface area contributed by atoms with Crippen molar-refractivity contribution in [2.45, 2.75) is 96.2 Å². The average molecular weight is 501 g/mol. The highest BCUT2D eigenvalue weighted by Crippen LogP contribution is 2.57. The number of nitrogens with zero attached hydrogens (tertiary/aromatic N) is 1. The van der Waals surface area contributed by atoms with Crippen LogP contribution in [-0.2, 0) is 16.6 Å². The molecule has 6 rings (SSSR count). The molecular formula is C33H44N2O2. The number of ether oxygens (including phenoxy) is 1. The quantitative estimate of drug-likeness (QED) is 0.477. The highest BCUT2D eigenvalue weighted by Gasteiger charge is 2.52. The lowest BCUT2D eigenvalue weighted by molar-refractivity contribution is 0.0119. The van der Waals surface area contributed by atoms with Crippen molar-refractivity contribution >= 4 is 5.91 Å². The van der Waals surface area contributed by atoms with E-state index in [0.717, 1.165) is 37.1 Å². The fourth-order valence-corrected chi connectivity index (χ4v) is 8.33. The molecule has 4 aliphatic rings. The van der Waals surface area contributed by atoms with Gasteiger partial charge < -0.3 is 9.64 Å². The van der Waals surface area contributed by atoms with Crippen molar-refractivity contribution in [3.8, 4) is 0 Å². The Labute approximate surface area is 223 Å². The second-order valence-corrected chi connectivity index (χ2v) is 13.1. The monoisotopic (exact) mass is 500 g/mol. The molecule has 2 aromatic rings. The standard InChI is InChI=1S/C33H44N2O2/c1-22(2)23-12-14-28-24(19-23)13-15-29-32(3,16-8-17-33(28,29)4)21-34-30-26-10-5-6-11-27(26)31(36)35(30)20-25-9-7-18-37-25/h5-6,10-12,14,19,22,25,29-30,34H,7-9,13,15-18,20-21H2,1-4H3. The van der Waals surface area contributed by atoms with Crippen LogP contribution >= 0.6 is 0 Å². The van der Waals surface area contributed by atoms with Gasteiger partial charge in [-0.15, -0.1) is 0 Å². The molecule has 2 aliphatic carbocycles. The van der Waals surface area contributed by atoms with Crippen molar-refractivity contribution in [2.24, 2.45) is 11.3 Å². The maximum atomic E-state index is 13.4. The Morgan fingerprint density at radius 2 is 1.92 bits per heavy atom. The Hall–Kier alpha value is -2.17. The third kappa shape index (κ3) is 4.25. The summed E-state index contributed by atoms with van der Waals surface area (Å²) in [6.07, 6.45) is 8.44. The van der Waals surface area contributed by atoms with E-state index < -0.39 is 0 Å². The van der Waals surface area contributed by atoms with Crippen LogP contribution in [0.2, 0.25) is 0 Å². The van der Waals surface area contributed by atoms with Gasteiger partial charge in [0, 0.05) is 30.8 Å². The van der Waals surface area contributed by atoms with Gasteiger partial charge in [-0.05, 0) is 83.9 Å². The Kier molecular flexibility index (Phi) is 6.48. The van der Waals surface area contributed by atoms with Crippen molar-refractivity contribution < 1.29 is 9.53 Å². The van der Waals surface area contributed by atoms with Gasteiger partial charge in [0.05, 0.1) is 6.10 Å². The number of rotatable bonds is 6. The number of amides is 1. The maximum Gasteiger partial charge on any atom is 0.255 e. The van der Waals surface area contributed by atoms with Crippen molar-refractivity contribution in [3.05, 3.63) is 70.3 Å². The van der Waals surface area contributed by atoms with E-state index in [2.05, 4.69) is 68.2 Å². The molecule has 1 saturated carbocycles. The van der Waals surface area contributed by atoms with Gasteiger partial charge in [0.2, 0.25) is 0 Å². The molecule has 0 aromatic heterocycles. The first-order chi connectivity index (χ1) is 17.8. The second kappa shape index (κ2) is 9.54. The lowest BCUT2D eigenvalue weighted by Crippen LogP contribution is -2.54. The molecule has 4 nitrogen and oxygen atoms in total. The lowest BCUT2D eigenvalue weighted by atomic mass is 9.49. The van der Waals surface area contributed by atoms with Gasteiger partial charge in [0.15, 0.2) is 0 Å². The fraction of sp³-hybridized carbons (Fsp3) is 0.606. The molecule has 198 valence electrons. The molecule has 5 unspecified atom stereocenters. The minimum Gasteiger partial charge on any atom is -0.376 e. The van der Waals surface area contributed by atoms with E-state index in [9.17, 15) is 4.79 Å². The van der Waals surface area contributed by atoms with E-state index in [0.29, 0.717) is 18.4 Å². The van der Waals surface area contributed by atoms with E-state index in [4.69, 9.17) is 4.74 Å². The number of aryl methyl sites for hydroxylation is 1. The molecule has 1 N–H and O–H groups in total. The number of carbonyl (C=O) groups is 1. The number of benzene rings is 2. The van der Waals surface area contributed by atoms with Crippen molar-refractivity contribution in [3.63, 3.8) is 0 Å². The summed E-state index contributed by atoms with van der Waals surface area (Å²) < 4.78 is 5.94. The number of fused-ring (bicyclic) bond motifs is 4. The molecule has 0 radical (unpaired) electrons. The Bertz CT molecular complexity index is 1170. The Morgan fingerprint density at radius 3 is 2.70 bits per heavy atom. The molecular weight excluding hydrogens is 456 g/mol. The second-order valence-electron chi connectivity index (χ2n) is 13.1. The molecule has 2 aromatic carbocycles. The summed E-state index contributed by atoms with van der Waals surface area (Å²) in [5.41, 5.74) is 7.04. The van der Waals surface area contributed by atoms with Crippen LogP contribution in [0.25, 0.3) is 0 Å². The van der Waals surface area contributed by atoms with E-state index in [1.165, 1.54) is 37.7 Å². The molecule has 37 heavy (non-hydrogen) atoms. The molecule has 1 amide bonds. The molecule has 2 fully saturated rings. The van der Waals surface area contributed by atoms with Crippen LogP contribution in [0.15, 0.2) is 42.5 Å². The third-order valence-corrected chi connectivity index (χ3v) is 10.3. The molecule has 0 spiro atoms. The summed E-state index contributed by atoms with van der Waals surface area (Å²) in [5, 5.41) is 3.95. The first-order valence-corrected chi connectivity index (χ1v) is 14.7. The Balaban J connectivity index is 1.25. The van der Waals surface area contributed by atoms with Crippen molar-refractivity contribution in [1.82, 2.24) is 10.2 Å². The number of hydrogen-bond acceptors (Lipinski definition) is 3. The summed E-state index contributed by atoms with van der Waals surface area (Å²) in [4.78, 5) is 15.5. The van der Waals surface area contributed by atoms with Crippen molar-refractivity contribution in [2.75, 3.05) is 19.7 Å². The fourth-order valence-electron chi connectivity index (χ4n) is 8.33. The van der Waals surface area contributed by atoms with Crippen LogP contribution in [0.5, 0.6) is 0 Å². The zero-order chi connectivity index (χ0) is 25.8. The maximum absolute atomic E-state index is 13.4. The SMILES string of the molecule is CC(C)c1ccc2c(c1)CCC1C(C)(CNC3c4ccccc4C(=O)N3CC3CCCO3)CCCC21C. The minimum absolute atomic E-state index is 0.0672. The summed E-state index contributed by atoms with van der Waals surface area (Å²) >= 11 is 0. The van der Waals surface area contributed by atoms with E-state index in [-0.39, 0.29) is 29.0 Å². The van der Waals surface area contributed by atoms with Gasteiger partial charge >= 0.3 is 0 Å². The van der Waals surface area contributed by atoms with Gasteiger partial charge in [-0.1, -0.05) is 70.5 Å². The zero-order valence-corrected chi connectivity index (χ0v) is 23.2. The summed E-state index contributed by atoms with van der Waals surface area (Å²) in [6, 6.07) is 15.5. The van der Waals surface area contributed by atoms with Crippen LogP contribution in [0.3, 0.4) is 0 Å². The highest BCUT2D eigenvalue weighted by atomic mass is 16.5. The summed E-state index contributed by atoms with van der Waals surface area (Å²) in [7, 11) is 0. The molecule has 1 saturated heterocycles. The molecule has 4 heteroatoms. The van der Waals surface area contributed by atoms with Crippen LogP contribution in [-0.4, -0.2) is 36.6 Å². The minimum atomic E-state index is -0.0672. The summed E-state index contributed by atoms with van der Waals surface area (Å²) in [5.74, 6) is 1.36. The third-order valence-electron chi connectivity index (χ3n) is 10.3. The average Bonchev–Trinajstić information content (AvgIpc) is 3.49. The predicted octanol–water partition coefficient (Wildman–Crippen LogP) is 6.74. The summed E-state index contributed by atoms with van der Waals surface area (Å²) in [6.45, 7) is 12.1. The van der Waals surface area contributed by atoms with Crippen LogP contribution in [0.4, 0.5) is 0 Å². The van der Waals surface area contributed by atoms with Gasteiger partial charge in [0.1, 0.15) is 6.17 Å². The molecule has 0 bridgehead atoms. The van der Waals surface area contributed by atoms with E-state index >= 15 is 0 Å². The topological polar surface area (TPSA) is 41.6 Å². The molecule has 2 heterocycles. The first kappa shape index (κ1) is 25.1. The predicted molar refractivity (Wildman–Crippen MR) is 149 cm³/mol. The van der Waals surface area contributed by atoms with E-state index in [1.54, 1.807) is 11.1 Å². The van der Waals surface area contributed by atoms with Gasteiger partial charge in [-0.25, -0.2) is 0 Å².